The van der Waals surface area contributed by atoms with Gasteiger partial charge in [-0.15, -0.1) is 0 Å². The van der Waals surface area contributed by atoms with Crippen molar-refractivity contribution in [1.82, 2.24) is 0 Å². The minimum absolute atomic E-state index is 1.01. The summed E-state index contributed by atoms with van der Waals surface area (Å²) in [5.74, 6) is 1.01. The van der Waals surface area contributed by atoms with Crippen molar-refractivity contribution in [2.24, 2.45) is 0 Å². The maximum atomic E-state index is 5.30. The molecule has 0 unspecified atom stereocenters. The van der Waals surface area contributed by atoms with Gasteiger partial charge in [-0.2, -0.15) is 0 Å². The Morgan fingerprint density at radius 3 is 2.73 bits per heavy atom. The first-order valence-corrected chi connectivity index (χ1v) is 3.72. The van der Waals surface area contributed by atoms with E-state index in [0.29, 0.717) is 0 Å². The Kier molecular flexibility index (Phi) is 1.25. The molecular weight excluding hydrogens is 136 g/mol. The van der Waals surface area contributed by atoms with Crippen LogP contribution >= 0.6 is 0 Å². The maximum Gasteiger partial charge on any atom is 0.108 e. The van der Waals surface area contributed by atoms with E-state index in [1.165, 1.54) is 16.3 Å². The number of rotatable bonds is 0. The number of hydrogen-bond donors (Lipinski definition) is 0. The Hall–Kier alpha value is -1.24. The van der Waals surface area contributed by atoms with Crippen molar-refractivity contribution < 1.29 is 4.42 Å². The molecule has 0 N–H and O–H groups in total. The van der Waals surface area contributed by atoms with Crippen molar-refractivity contribution in [1.29, 1.82) is 0 Å². The highest BCUT2D eigenvalue weighted by molar-refractivity contribution is 5.86. The second kappa shape index (κ2) is 2.12. The zero-order chi connectivity index (χ0) is 7.84. The summed E-state index contributed by atoms with van der Waals surface area (Å²) in [5.41, 5.74) is 1.29. The third kappa shape index (κ3) is 0.845. The topological polar surface area (TPSA) is 13.1 Å². The molecule has 0 bridgehead atoms. The van der Waals surface area contributed by atoms with Gasteiger partial charge in [0.05, 0.1) is 6.26 Å². The maximum absolute atomic E-state index is 5.30. The lowest BCUT2D eigenvalue weighted by Crippen LogP contribution is -1.73. The number of fused-ring (bicyclic) bond motifs is 1. The van der Waals surface area contributed by atoms with Crippen LogP contribution in [0, 0.1) is 13.8 Å². The quantitative estimate of drug-likeness (QED) is 0.556. The molecule has 0 spiro atoms. The van der Waals surface area contributed by atoms with E-state index in [1.54, 1.807) is 6.26 Å². The fraction of sp³-hybridized carbons (Fsp3) is 0.200. The molecule has 1 aromatic heterocycles. The van der Waals surface area contributed by atoms with Gasteiger partial charge >= 0.3 is 0 Å². The van der Waals surface area contributed by atoms with Crippen LogP contribution in [0.2, 0.25) is 0 Å². The van der Waals surface area contributed by atoms with E-state index in [1.807, 2.05) is 13.0 Å². The van der Waals surface area contributed by atoms with Crippen LogP contribution in [0.25, 0.3) is 10.8 Å². The molecule has 1 nitrogen and oxygen atoms in total. The van der Waals surface area contributed by atoms with Gasteiger partial charge in [0.1, 0.15) is 5.76 Å². The van der Waals surface area contributed by atoms with Gasteiger partial charge in [-0.25, -0.2) is 0 Å². The van der Waals surface area contributed by atoms with Crippen LogP contribution < -0.4 is 0 Å². The van der Waals surface area contributed by atoms with Crippen LogP contribution in [0.5, 0.6) is 0 Å². The molecule has 2 aromatic rings. The highest BCUT2D eigenvalue weighted by Gasteiger charge is 2.02. The molecular formula is C10H10O. The zero-order valence-electron chi connectivity index (χ0n) is 6.72. The third-order valence-electron chi connectivity index (χ3n) is 2.02. The minimum atomic E-state index is 1.01. The van der Waals surface area contributed by atoms with Crippen LogP contribution in [-0.2, 0) is 0 Å². The Bertz CT molecular complexity index is 385. The highest BCUT2D eigenvalue weighted by atomic mass is 16.3. The molecule has 0 saturated carbocycles. The van der Waals surface area contributed by atoms with E-state index in [9.17, 15) is 0 Å². The third-order valence-corrected chi connectivity index (χ3v) is 2.02. The van der Waals surface area contributed by atoms with E-state index >= 15 is 0 Å². The van der Waals surface area contributed by atoms with Crippen molar-refractivity contribution in [3.63, 3.8) is 0 Å². The first-order valence-electron chi connectivity index (χ1n) is 3.72. The van der Waals surface area contributed by atoms with Gasteiger partial charge in [-0.05, 0) is 19.4 Å². The summed E-state index contributed by atoms with van der Waals surface area (Å²) in [7, 11) is 0. The van der Waals surface area contributed by atoms with Gasteiger partial charge < -0.3 is 4.42 Å². The Balaban J connectivity index is 2.96. The molecule has 1 heterocycles. The fourth-order valence-electron chi connectivity index (χ4n) is 1.48. The summed E-state index contributed by atoms with van der Waals surface area (Å²) < 4.78 is 5.30. The minimum Gasteiger partial charge on any atom is -0.468 e. The Morgan fingerprint density at radius 2 is 2.00 bits per heavy atom. The molecule has 0 amide bonds. The van der Waals surface area contributed by atoms with Gasteiger partial charge in [0, 0.05) is 10.8 Å². The molecule has 0 aliphatic rings. The highest BCUT2D eigenvalue weighted by Crippen LogP contribution is 2.23. The molecule has 0 atom stereocenters. The number of aryl methyl sites for hydroxylation is 2. The van der Waals surface area contributed by atoms with Crippen molar-refractivity contribution in [2.45, 2.75) is 13.8 Å². The molecule has 56 valence electrons. The number of furan rings is 1. The molecule has 0 saturated heterocycles. The first-order chi connectivity index (χ1) is 5.29. The SMILES string of the molecule is Cc1cccc2coc(C)c12. The standard InChI is InChI=1S/C10H10O/c1-7-4-3-5-9-6-11-8(2)10(7)9/h3-6H,1-2H3. The van der Waals surface area contributed by atoms with Crippen LogP contribution in [0.1, 0.15) is 11.3 Å². The molecule has 0 radical (unpaired) electrons. The van der Waals surface area contributed by atoms with Crippen LogP contribution in [0.4, 0.5) is 0 Å². The molecule has 0 fully saturated rings. The summed E-state index contributed by atoms with van der Waals surface area (Å²) in [4.78, 5) is 0. The average molecular weight is 146 g/mol. The van der Waals surface area contributed by atoms with Gasteiger partial charge in [0.15, 0.2) is 0 Å². The molecule has 1 heteroatoms. The molecule has 11 heavy (non-hydrogen) atoms. The van der Waals surface area contributed by atoms with Crippen molar-refractivity contribution >= 4 is 10.8 Å². The average Bonchev–Trinajstić information content (AvgIpc) is 2.34. The van der Waals surface area contributed by atoms with Crippen LogP contribution in [0.15, 0.2) is 28.9 Å². The van der Waals surface area contributed by atoms with Gasteiger partial charge in [-0.1, -0.05) is 18.2 Å². The summed E-state index contributed by atoms with van der Waals surface area (Å²) in [6.45, 7) is 4.10. The van der Waals surface area contributed by atoms with Crippen molar-refractivity contribution in [3.8, 4) is 0 Å². The molecule has 1 aromatic carbocycles. The first kappa shape index (κ1) is 6.47. The Morgan fingerprint density at radius 1 is 1.18 bits per heavy atom. The number of hydrogen-bond acceptors (Lipinski definition) is 1. The van der Waals surface area contributed by atoms with E-state index in [-0.39, 0.29) is 0 Å². The normalized spacial score (nSPS) is 10.7. The molecule has 0 aliphatic heterocycles. The second-order valence-electron chi connectivity index (χ2n) is 2.83. The molecule has 2 rings (SSSR count). The molecule has 0 aliphatic carbocycles. The predicted octanol–water partition coefficient (Wildman–Crippen LogP) is 3.05. The summed E-state index contributed by atoms with van der Waals surface area (Å²) in [6, 6.07) is 6.22. The lowest BCUT2D eigenvalue weighted by Gasteiger charge is -1.93. The van der Waals surface area contributed by atoms with E-state index in [4.69, 9.17) is 4.42 Å². The smallest absolute Gasteiger partial charge is 0.108 e. The summed E-state index contributed by atoms with van der Waals surface area (Å²) >= 11 is 0. The van der Waals surface area contributed by atoms with Crippen molar-refractivity contribution in [2.75, 3.05) is 0 Å². The van der Waals surface area contributed by atoms with E-state index in [0.717, 1.165) is 5.76 Å². The van der Waals surface area contributed by atoms with Gasteiger partial charge in [0.25, 0.3) is 0 Å². The van der Waals surface area contributed by atoms with Crippen molar-refractivity contribution in [3.05, 3.63) is 35.8 Å². The van der Waals surface area contributed by atoms with E-state index in [2.05, 4.69) is 19.1 Å². The van der Waals surface area contributed by atoms with Crippen LogP contribution in [-0.4, -0.2) is 0 Å². The lowest BCUT2D eigenvalue weighted by atomic mass is 10.1. The fourth-order valence-corrected chi connectivity index (χ4v) is 1.48. The monoisotopic (exact) mass is 146 g/mol. The van der Waals surface area contributed by atoms with Gasteiger partial charge in [-0.3, -0.25) is 0 Å². The Labute approximate surface area is 65.6 Å². The lowest BCUT2D eigenvalue weighted by molar-refractivity contribution is 0.539. The second-order valence-corrected chi connectivity index (χ2v) is 2.83. The summed E-state index contributed by atoms with van der Waals surface area (Å²) in [6.07, 6.45) is 1.80. The number of benzene rings is 1. The predicted molar refractivity (Wildman–Crippen MR) is 45.7 cm³/mol. The van der Waals surface area contributed by atoms with Crippen LogP contribution in [0.3, 0.4) is 0 Å². The summed E-state index contributed by atoms with van der Waals surface area (Å²) in [5, 5.41) is 2.45. The van der Waals surface area contributed by atoms with Gasteiger partial charge in [0.2, 0.25) is 0 Å². The zero-order valence-corrected chi connectivity index (χ0v) is 6.72. The largest absolute Gasteiger partial charge is 0.468 e. The van der Waals surface area contributed by atoms with E-state index < -0.39 is 0 Å².